The van der Waals surface area contributed by atoms with Crippen molar-refractivity contribution in [1.29, 1.82) is 0 Å². The van der Waals surface area contributed by atoms with Crippen LogP contribution in [0.15, 0.2) is 12.2 Å². The van der Waals surface area contributed by atoms with Crippen molar-refractivity contribution in [3.8, 4) is 0 Å². The van der Waals surface area contributed by atoms with Crippen molar-refractivity contribution in [2.75, 3.05) is 47.5 Å². The molecule has 0 aromatic carbocycles. The molecule has 0 rings (SSSR count). The first-order valence-corrected chi connectivity index (χ1v) is 33.9. The molecule has 2 unspecified atom stereocenters. The van der Waals surface area contributed by atoms with Gasteiger partial charge in [0, 0.05) is 12.8 Å². The van der Waals surface area contributed by atoms with E-state index in [1.54, 1.807) is 0 Å². The lowest BCUT2D eigenvalue weighted by atomic mass is 10.0. The summed E-state index contributed by atoms with van der Waals surface area (Å²) in [6.45, 7) is 4.51. The van der Waals surface area contributed by atoms with Crippen molar-refractivity contribution >= 4 is 19.8 Å². The lowest BCUT2D eigenvalue weighted by Crippen LogP contribution is -2.37. The van der Waals surface area contributed by atoms with Crippen LogP contribution in [0.5, 0.6) is 0 Å². The van der Waals surface area contributed by atoms with Gasteiger partial charge in [0.15, 0.2) is 6.10 Å². The number of carbonyl (C=O) groups excluding carboxylic acids is 2. The van der Waals surface area contributed by atoms with Gasteiger partial charge in [-0.25, -0.2) is 4.57 Å². The normalized spacial score (nSPS) is 13.2. The van der Waals surface area contributed by atoms with Gasteiger partial charge in [0.05, 0.1) is 27.7 Å². The summed E-state index contributed by atoms with van der Waals surface area (Å²) in [6, 6.07) is 0. The summed E-state index contributed by atoms with van der Waals surface area (Å²) in [6.07, 6.45) is 67.3. The number of ether oxygens (including phenoxy) is 2. The van der Waals surface area contributed by atoms with Crippen LogP contribution < -0.4 is 0 Å². The Hall–Kier alpha value is -1.25. The SMILES string of the molecule is CCCCCCCCCC/C=C\CCCCCCCCCCCCCCCCCCCCCC(=O)OC(COC(=O)CCCCCCCCCCCCCCCCCCCCC)COP(=O)(O)OCC[N+](C)(C)C. The standard InChI is InChI=1S/C64H126NO8P/c1-6-8-10-12-14-16-18-20-22-24-26-27-28-29-30-31-32-33-34-35-36-37-39-41-43-45-47-49-51-53-55-57-64(67)73-62(61-72-74(68,69)71-59-58-65(3,4)5)60-70-63(66)56-54-52-50-48-46-44-42-40-38-25-23-21-19-17-15-13-11-9-7-2/h24,26,62H,6-23,25,27-61H2,1-5H3/p+1/b26-24-. The Kier molecular flexibility index (Phi) is 55.5. The molecule has 0 aliphatic rings. The molecule has 0 amide bonds. The Bertz CT molecular complexity index is 1260. The van der Waals surface area contributed by atoms with E-state index in [1.807, 2.05) is 21.1 Å². The molecule has 9 nitrogen and oxygen atoms in total. The fraction of sp³-hybridized carbons (Fsp3) is 0.938. The van der Waals surface area contributed by atoms with E-state index in [-0.39, 0.29) is 25.6 Å². The highest BCUT2D eigenvalue weighted by Gasteiger charge is 2.27. The monoisotopic (exact) mass is 1070 g/mol. The number of rotatable bonds is 61. The van der Waals surface area contributed by atoms with Gasteiger partial charge in [-0.3, -0.25) is 18.6 Å². The lowest BCUT2D eigenvalue weighted by Gasteiger charge is -2.24. The number of hydrogen-bond donors (Lipinski definition) is 1. The number of likely N-dealkylation sites (N-methyl/N-ethyl adjacent to an activating group) is 1. The predicted octanol–water partition coefficient (Wildman–Crippen LogP) is 20.4. The topological polar surface area (TPSA) is 108 Å². The zero-order valence-corrected chi connectivity index (χ0v) is 51.0. The molecule has 0 bridgehead atoms. The first kappa shape index (κ1) is 72.8. The zero-order valence-electron chi connectivity index (χ0n) is 50.1. The first-order valence-electron chi connectivity index (χ1n) is 32.4. The average molecular weight is 1070 g/mol. The molecule has 2 atom stereocenters. The van der Waals surface area contributed by atoms with Crippen LogP contribution in [0, 0.1) is 0 Å². The quantitative estimate of drug-likeness (QED) is 0.0211. The van der Waals surface area contributed by atoms with E-state index in [0.29, 0.717) is 17.4 Å². The summed E-state index contributed by atoms with van der Waals surface area (Å²) in [5.74, 6) is -0.773. The van der Waals surface area contributed by atoms with Crippen LogP contribution in [-0.4, -0.2) is 74.9 Å². The first-order chi connectivity index (χ1) is 36.0. The summed E-state index contributed by atoms with van der Waals surface area (Å²) >= 11 is 0. The maximum absolute atomic E-state index is 12.8. The zero-order chi connectivity index (χ0) is 54.2. The molecule has 0 heterocycles. The fourth-order valence-electron chi connectivity index (χ4n) is 9.78. The third-order valence-electron chi connectivity index (χ3n) is 14.8. The largest absolute Gasteiger partial charge is 0.472 e. The minimum absolute atomic E-state index is 0.0365. The second-order valence-corrected chi connectivity index (χ2v) is 25.0. The molecule has 74 heavy (non-hydrogen) atoms. The molecule has 0 radical (unpaired) electrons. The summed E-state index contributed by atoms with van der Waals surface area (Å²) in [5.41, 5.74) is 0. The number of esters is 2. The van der Waals surface area contributed by atoms with Crippen molar-refractivity contribution in [3.05, 3.63) is 12.2 Å². The van der Waals surface area contributed by atoms with Crippen molar-refractivity contribution in [2.24, 2.45) is 0 Å². The van der Waals surface area contributed by atoms with Crippen LogP contribution >= 0.6 is 7.82 Å². The van der Waals surface area contributed by atoms with Crippen LogP contribution in [-0.2, 0) is 32.7 Å². The van der Waals surface area contributed by atoms with Gasteiger partial charge in [-0.2, -0.15) is 0 Å². The Morgan fingerprint density at radius 1 is 0.405 bits per heavy atom. The predicted molar refractivity (Wildman–Crippen MR) is 317 cm³/mol. The van der Waals surface area contributed by atoms with E-state index in [0.717, 1.165) is 38.5 Å². The summed E-state index contributed by atoms with van der Waals surface area (Å²) in [4.78, 5) is 35.8. The van der Waals surface area contributed by atoms with Gasteiger partial charge >= 0.3 is 19.8 Å². The van der Waals surface area contributed by atoms with Gasteiger partial charge in [-0.15, -0.1) is 0 Å². The van der Waals surface area contributed by atoms with Crippen molar-refractivity contribution in [2.45, 2.75) is 341 Å². The van der Waals surface area contributed by atoms with Gasteiger partial charge < -0.3 is 18.9 Å². The van der Waals surface area contributed by atoms with Crippen molar-refractivity contribution < 1.29 is 42.1 Å². The van der Waals surface area contributed by atoms with Gasteiger partial charge in [0.25, 0.3) is 0 Å². The third-order valence-corrected chi connectivity index (χ3v) is 15.8. The van der Waals surface area contributed by atoms with E-state index in [1.165, 1.54) is 270 Å². The smallest absolute Gasteiger partial charge is 0.462 e. The highest BCUT2D eigenvalue weighted by Crippen LogP contribution is 2.43. The maximum Gasteiger partial charge on any atom is 0.472 e. The molecule has 0 aliphatic carbocycles. The lowest BCUT2D eigenvalue weighted by molar-refractivity contribution is -0.870. The Labute approximate surface area is 460 Å². The Morgan fingerprint density at radius 2 is 0.689 bits per heavy atom. The molecule has 0 saturated heterocycles. The van der Waals surface area contributed by atoms with Crippen molar-refractivity contribution in [3.63, 3.8) is 0 Å². The molecule has 0 fully saturated rings. The summed E-state index contributed by atoms with van der Waals surface area (Å²) < 4.78 is 34.7. The van der Waals surface area contributed by atoms with E-state index >= 15 is 0 Å². The molecule has 0 aromatic rings. The van der Waals surface area contributed by atoms with E-state index in [2.05, 4.69) is 26.0 Å². The highest BCUT2D eigenvalue weighted by molar-refractivity contribution is 7.47. The van der Waals surface area contributed by atoms with Crippen LogP contribution in [0.25, 0.3) is 0 Å². The van der Waals surface area contributed by atoms with Gasteiger partial charge in [-0.1, -0.05) is 296 Å². The molecular weight excluding hydrogens is 942 g/mol. The second kappa shape index (κ2) is 56.5. The van der Waals surface area contributed by atoms with Gasteiger partial charge in [0.2, 0.25) is 0 Å². The Morgan fingerprint density at radius 3 is 1.00 bits per heavy atom. The number of phosphoric acid groups is 1. The minimum atomic E-state index is -4.38. The van der Waals surface area contributed by atoms with E-state index in [9.17, 15) is 19.0 Å². The maximum atomic E-state index is 12.8. The third kappa shape index (κ3) is 60.0. The molecule has 10 heteroatoms. The number of phosphoric ester groups is 1. The molecule has 1 N–H and O–H groups in total. The molecule has 0 saturated carbocycles. The molecule has 0 aliphatic heterocycles. The van der Waals surface area contributed by atoms with E-state index in [4.69, 9.17) is 18.5 Å². The number of unbranched alkanes of at least 4 members (excludes halogenated alkanes) is 45. The molecule has 440 valence electrons. The van der Waals surface area contributed by atoms with Crippen molar-refractivity contribution in [1.82, 2.24) is 0 Å². The number of quaternary nitrogens is 1. The van der Waals surface area contributed by atoms with E-state index < -0.39 is 26.5 Å². The number of carbonyl (C=O) groups is 2. The van der Waals surface area contributed by atoms with Gasteiger partial charge in [0.1, 0.15) is 19.8 Å². The average Bonchev–Trinajstić information content (AvgIpc) is 3.36. The highest BCUT2D eigenvalue weighted by atomic mass is 31.2. The summed E-state index contributed by atoms with van der Waals surface area (Å²) in [5, 5.41) is 0. The van der Waals surface area contributed by atoms with Crippen LogP contribution in [0.4, 0.5) is 0 Å². The second-order valence-electron chi connectivity index (χ2n) is 23.5. The summed E-state index contributed by atoms with van der Waals surface area (Å²) in [7, 11) is 1.50. The van der Waals surface area contributed by atoms with Crippen LogP contribution in [0.3, 0.4) is 0 Å². The number of nitrogens with zero attached hydrogens (tertiary/aromatic N) is 1. The Balaban J connectivity index is 4.00. The fourth-order valence-corrected chi connectivity index (χ4v) is 10.5. The van der Waals surface area contributed by atoms with Gasteiger partial charge in [-0.05, 0) is 38.5 Å². The molecule has 0 spiro atoms. The molecular formula is C64H127NO8P+. The minimum Gasteiger partial charge on any atom is -0.462 e. The number of allylic oxidation sites excluding steroid dienone is 2. The number of hydrogen-bond acceptors (Lipinski definition) is 7. The van der Waals surface area contributed by atoms with Crippen LogP contribution in [0.2, 0.25) is 0 Å². The van der Waals surface area contributed by atoms with Crippen LogP contribution in [0.1, 0.15) is 335 Å². The molecule has 0 aromatic heterocycles.